The number of carbonyl (C=O) groups is 2. The van der Waals surface area contributed by atoms with Crippen LogP contribution < -0.4 is 5.56 Å². The maximum Gasteiger partial charge on any atom is 0.359 e. The summed E-state index contributed by atoms with van der Waals surface area (Å²) in [6.45, 7) is -0.619. The van der Waals surface area contributed by atoms with Gasteiger partial charge in [0.15, 0.2) is 0 Å². The summed E-state index contributed by atoms with van der Waals surface area (Å²) in [6, 6.07) is 0. The molecule has 0 atom stereocenters. The Labute approximate surface area is 91.9 Å². The fraction of sp³-hybridized carbons (Fsp3) is 0.125. The van der Waals surface area contributed by atoms with Crippen LogP contribution in [-0.4, -0.2) is 36.9 Å². The summed E-state index contributed by atoms with van der Waals surface area (Å²) in [7, 11) is 0. The zero-order chi connectivity index (χ0) is 12.6. The van der Waals surface area contributed by atoms with Crippen LogP contribution in [0, 0.1) is 0 Å². The first-order valence-electron chi connectivity index (χ1n) is 4.30. The normalized spacial score (nSPS) is 10.6. The van der Waals surface area contributed by atoms with E-state index >= 15 is 0 Å². The zero-order valence-electron chi connectivity index (χ0n) is 8.15. The second kappa shape index (κ2) is 3.70. The van der Waals surface area contributed by atoms with E-state index in [1.54, 1.807) is 0 Å². The van der Waals surface area contributed by atoms with Crippen LogP contribution >= 0.6 is 0 Å². The molecular weight excluding hydrogens is 234 g/mol. The minimum absolute atomic E-state index is 0.242. The summed E-state index contributed by atoms with van der Waals surface area (Å²) in [5, 5.41) is 20.1. The Balaban J connectivity index is 2.72. The summed E-state index contributed by atoms with van der Waals surface area (Å²) < 4.78 is 5.31. The van der Waals surface area contributed by atoms with Gasteiger partial charge in [-0.2, -0.15) is 0 Å². The molecule has 9 heteroatoms. The van der Waals surface area contributed by atoms with E-state index in [9.17, 15) is 14.4 Å². The van der Waals surface area contributed by atoms with Crippen molar-refractivity contribution >= 4 is 23.0 Å². The van der Waals surface area contributed by atoms with Crippen LogP contribution in [-0.2, 0) is 11.3 Å². The fourth-order valence-electron chi connectivity index (χ4n) is 1.28. The Kier molecular flexibility index (Phi) is 2.35. The highest BCUT2D eigenvalue weighted by Crippen LogP contribution is 2.11. The number of hydrogen-bond acceptors (Lipinski definition) is 6. The van der Waals surface area contributed by atoms with E-state index in [2.05, 4.69) is 14.7 Å². The largest absolute Gasteiger partial charge is 0.480 e. The van der Waals surface area contributed by atoms with E-state index in [4.69, 9.17) is 10.2 Å². The molecule has 2 aromatic rings. The molecule has 0 saturated carbocycles. The number of fused-ring (bicyclic) bond motifs is 1. The summed E-state index contributed by atoms with van der Waals surface area (Å²) in [5.74, 6) is -2.70. The fourth-order valence-corrected chi connectivity index (χ4v) is 1.28. The average Bonchev–Trinajstić information content (AvgIpc) is 2.66. The number of aliphatic carboxylic acids is 1. The summed E-state index contributed by atoms with van der Waals surface area (Å²) >= 11 is 0. The molecule has 0 saturated heterocycles. The van der Waals surface area contributed by atoms with E-state index < -0.39 is 29.7 Å². The third-order valence-corrected chi connectivity index (χ3v) is 1.97. The van der Waals surface area contributed by atoms with E-state index in [1.807, 2.05) is 0 Å². The van der Waals surface area contributed by atoms with Gasteiger partial charge in [-0.1, -0.05) is 5.16 Å². The average molecular weight is 239 g/mol. The van der Waals surface area contributed by atoms with Crippen LogP contribution in [0.15, 0.2) is 15.6 Å². The summed E-state index contributed by atoms with van der Waals surface area (Å²) in [5.41, 5.74) is -1.65. The molecule has 0 bridgehead atoms. The minimum atomic E-state index is -1.45. The Morgan fingerprint density at radius 3 is 2.71 bits per heavy atom. The first-order valence-corrected chi connectivity index (χ1v) is 4.30. The Morgan fingerprint density at radius 2 is 2.12 bits per heavy atom. The van der Waals surface area contributed by atoms with Crippen molar-refractivity contribution in [2.24, 2.45) is 0 Å². The molecule has 0 spiro atoms. The van der Waals surface area contributed by atoms with Gasteiger partial charge in [-0.3, -0.25) is 14.2 Å². The van der Waals surface area contributed by atoms with Gasteiger partial charge in [0.05, 0.1) is 0 Å². The molecule has 0 aromatic carbocycles. The number of aromatic nitrogens is 3. The van der Waals surface area contributed by atoms with E-state index in [0.717, 1.165) is 10.9 Å². The second-order valence-electron chi connectivity index (χ2n) is 3.09. The van der Waals surface area contributed by atoms with Gasteiger partial charge in [-0.25, -0.2) is 9.78 Å². The lowest BCUT2D eigenvalue weighted by Crippen LogP contribution is -2.25. The van der Waals surface area contributed by atoms with E-state index in [0.29, 0.717) is 0 Å². The van der Waals surface area contributed by atoms with Crippen LogP contribution in [0.25, 0.3) is 11.1 Å². The highest BCUT2D eigenvalue weighted by molar-refractivity contribution is 5.98. The van der Waals surface area contributed by atoms with Gasteiger partial charge >= 0.3 is 11.9 Å². The quantitative estimate of drug-likeness (QED) is 0.707. The van der Waals surface area contributed by atoms with Crippen molar-refractivity contribution in [3.63, 3.8) is 0 Å². The topological polar surface area (TPSA) is 136 Å². The van der Waals surface area contributed by atoms with Crippen LogP contribution in [0.3, 0.4) is 0 Å². The molecular formula is C8H5N3O6. The summed E-state index contributed by atoms with van der Waals surface area (Å²) in [6.07, 6.45) is 0.954. The molecule has 0 aliphatic carbocycles. The third-order valence-electron chi connectivity index (χ3n) is 1.97. The molecule has 2 aromatic heterocycles. The lowest BCUT2D eigenvalue weighted by molar-refractivity contribution is -0.137. The molecule has 88 valence electrons. The van der Waals surface area contributed by atoms with Gasteiger partial charge in [0.2, 0.25) is 5.69 Å². The highest BCUT2D eigenvalue weighted by atomic mass is 16.5. The highest BCUT2D eigenvalue weighted by Gasteiger charge is 2.20. The predicted octanol–water partition coefficient (Wildman–Crippen LogP) is -0.833. The molecule has 17 heavy (non-hydrogen) atoms. The number of rotatable bonds is 3. The van der Waals surface area contributed by atoms with Gasteiger partial charge in [0.25, 0.3) is 11.3 Å². The van der Waals surface area contributed by atoms with Gasteiger partial charge < -0.3 is 14.7 Å². The SMILES string of the molecule is O=C(O)Cn1cnc2onc(C(=O)O)c2c1=O. The number of carboxylic acids is 2. The van der Waals surface area contributed by atoms with Crippen molar-refractivity contribution < 1.29 is 24.3 Å². The van der Waals surface area contributed by atoms with Crippen molar-refractivity contribution in [1.29, 1.82) is 0 Å². The predicted molar refractivity (Wildman–Crippen MR) is 50.7 cm³/mol. The number of aromatic carboxylic acids is 1. The van der Waals surface area contributed by atoms with Crippen molar-refractivity contribution in [3.05, 3.63) is 22.4 Å². The summed E-state index contributed by atoms with van der Waals surface area (Å²) in [4.78, 5) is 36.6. The first kappa shape index (κ1) is 10.8. The molecule has 0 aliphatic heterocycles. The number of nitrogens with zero attached hydrogens (tertiary/aromatic N) is 3. The molecule has 0 aliphatic rings. The van der Waals surface area contributed by atoms with Crippen molar-refractivity contribution in [2.45, 2.75) is 6.54 Å². The molecule has 0 radical (unpaired) electrons. The monoisotopic (exact) mass is 239 g/mol. The van der Waals surface area contributed by atoms with Gasteiger partial charge in [-0.15, -0.1) is 0 Å². The maximum absolute atomic E-state index is 11.7. The standard InChI is InChI=1S/C8H5N3O6/c12-3(13)1-11-2-9-6-4(7(11)14)5(8(15)16)10-17-6/h2H,1H2,(H,12,13)(H,15,16). The van der Waals surface area contributed by atoms with Crippen molar-refractivity contribution in [1.82, 2.24) is 14.7 Å². The lowest BCUT2D eigenvalue weighted by Gasteiger charge is -1.99. The molecule has 2 heterocycles. The van der Waals surface area contributed by atoms with E-state index in [-0.39, 0.29) is 11.1 Å². The van der Waals surface area contributed by atoms with Crippen LogP contribution in [0.2, 0.25) is 0 Å². The zero-order valence-corrected chi connectivity index (χ0v) is 8.15. The third kappa shape index (κ3) is 1.73. The molecule has 2 rings (SSSR count). The number of carboxylic acid groups (broad SMARTS) is 2. The van der Waals surface area contributed by atoms with Crippen molar-refractivity contribution in [3.8, 4) is 0 Å². The van der Waals surface area contributed by atoms with Crippen molar-refractivity contribution in [2.75, 3.05) is 0 Å². The Morgan fingerprint density at radius 1 is 1.41 bits per heavy atom. The van der Waals surface area contributed by atoms with E-state index in [1.165, 1.54) is 0 Å². The van der Waals surface area contributed by atoms with Gasteiger partial charge in [0, 0.05) is 0 Å². The molecule has 0 unspecified atom stereocenters. The maximum atomic E-state index is 11.7. The smallest absolute Gasteiger partial charge is 0.359 e. The lowest BCUT2D eigenvalue weighted by atomic mass is 10.3. The molecule has 0 fully saturated rings. The first-order chi connectivity index (χ1) is 8.00. The van der Waals surface area contributed by atoms with Crippen LogP contribution in [0.1, 0.15) is 10.5 Å². The van der Waals surface area contributed by atoms with Crippen LogP contribution in [0.4, 0.5) is 0 Å². The Bertz CT molecular complexity index is 669. The molecule has 2 N–H and O–H groups in total. The van der Waals surface area contributed by atoms with Gasteiger partial charge in [-0.05, 0) is 0 Å². The minimum Gasteiger partial charge on any atom is -0.480 e. The van der Waals surface area contributed by atoms with Crippen LogP contribution in [0.5, 0.6) is 0 Å². The number of hydrogen-bond donors (Lipinski definition) is 2. The molecule has 9 nitrogen and oxygen atoms in total. The van der Waals surface area contributed by atoms with Gasteiger partial charge in [0.1, 0.15) is 18.3 Å². The molecule has 0 amide bonds. The second-order valence-corrected chi connectivity index (χ2v) is 3.09. The Hall–Kier alpha value is -2.71.